The van der Waals surface area contributed by atoms with Gasteiger partial charge in [0.25, 0.3) is 0 Å². The molecule has 0 saturated heterocycles. The highest BCUT2D eigenvalue weighted by molar-refractivity contribution is 5.56. The molecule has 3 nitrogen and oxygen atoms in total. The zero-order chi connectivity index (χ0) is 11.2. The fourth-order valence-electron chi connectivity index (χ4n) is 1.85. The average molecular weight is 203 g/mol. The third-order valence-corrected chi connectivity index (χ3v) is 2.90. The van der Waals surface area contributed by atoms with Crippen molar-refractivity contribution in [2.45, 2.75) is 33.6 Å². The summed E-state index contributed by atoms with van der Waals surface area (Å²) < 4.78 is 2.03. The molecule has 2 rings (SSSR count). The highest BCUT2D eigenvalue weighted by Crippen LogP contribution is 2.24. The maximum atomic E-state index is 6.11. The van der Waals surface area contributed by atoms with Crippen molar-refractivity contribution in [1.29, 1.82) is 0 Å². The zero-order valence-electron chi connectivity index (χ0n) is 9.70. The second kappa shape index (κ2) is 3.26. The first kappa shape index (κ1) is 10.0. The quantitative estimate of drug-likeness (QED) is 0.774. The van der Waals surface area contributed by atoms with Crippen molar-refractivity contribution in [2.75, 3.05) is 5.73 Å². The first-order chi connectivity index (χ1) is 7.02. The molecular weight excluding hydrogens is 186 g/mol. The van der Waals surface area contributed by atoms with E-state index in [4.69, 9.17) is 5.73 Å². The summed E-state index contributed by atoms with van der Waals surface area (Å²) in [5, 5.41) is 0. The summed E-state index contributed by atoms with van der Waals surface area (Å²) in [4.78, 5) is 4.55. The number of imidazole rings is 1. The van der Waals surface area contributed by atoms with Crippen LogP contribution in [0.15, 0.2) is 12.1 Å². The molecule has 0 saturated carbocycles. The zero-order valence-corrected chi connectivity index (χ0v) is 9.70. The monoisotopic (exact) mass is 203 g/mol. The summed E-state index contributed by atoms with van der Waals surface area (Å²) in [6, 6.07) is 4.10. The molecule has 2 aromatic rings. The van der Waals surface area contributed by atoms with Crippen LogP contribution in [0, 0.1) is 13.8 Å². The van der Waals surface area contributed by atoms with E-state index in [1.807, 2.05) is 10.5 Å². The van der Waals surface area contributed by atoms with E-state index in [0.29, 0.717) is 5.92 Å². The molecule has 80 valence electrons. The minimum atomic E-state index is 0.365. The number of hydrogen-bond donors (Lipinski definition) is 1. The summed E-state index contributed by atoms with van der Waals surface area (Å²) >= 11 is 0. The first-order valence-electron chi connectivity index (χ1n) is 5.26. The predicted octanol–water partition coefficient (Wildman–Crippen LogP) is 2.66. The second-order valence-electron chi connectivity index (χ2n) is 4.33. The standard InChI is InChI=1S/C12H17N3/c1-7(2)11-12(13)15-9(4)8(3)5-6-10(15)14-11/h5-7H,13H2,1-4H3. The fourth-order valence-corrected chi connectivity index (χ4v) is 1.85. The molecule has 2 N–H and O–H groups in total. The number of nitrogens with two attached hydrogens (primary N) is 1. The molecule has 3 heteroatoms. The van der Waals surface area contributed by atoms with Crippen LogP contribution in [0.5, 0.6) is 0 Å². The Kier molecular flexibility index (Phi) is 2.18. The minimum absolute atomic E-state index is 0.365. The van der Waals surface area contributed by atoms with Crippen molar-refractivity contribution in [2.24, 2.45) is 0 Å². The maximum Gasteiger partial charge on any atom is 0.138 e. The average Bonchev–Trinajstić information content (AvgIpc) is 2.50. The first-order valence-corrected chi connectivity index (χ1v) is 5.26. The molecule has 0 bridgehead atoms. The van der Waals surface area contributed by atoms with E-state index in [2.05, 4.69) is 38.7 Å². The summed E-state index contributed by atoms with van der Waals surface area (Å²) in [6.07, 6.45) is 0. The van der Waals surface area contributed by atoms with E-state index in [0.717, 1.165) is 17.2 Å². The Morgan fingerprint density at radius 2 is 1.93 bits per heavy atom. The van der Waals surface area contributed by atoms with Gasteiger partial charge in [-0.15, -0.1) is 0 Å². The van der Waals surface area contributed by atoms with Gasteiger partial charge in [-0.1, -0.05) is 19.9 Å². The number of anilines is 1. The Morgan fingerprint density at radius 1 is 1.27 bits per heavy atom. The normalized spacial score (nSPS) is 11.5. The highest BCUT2D eigenvalue weighted by atomic mass is 15.1. The van der Waals surface area contributed by atoms with Gasteiger partial charge in [0.2, 0.25) is 0 Å². The number of aryl methyl sites for hydroxylation is 2. The van der Waals surface area contributed by atoms with E-state index in [1.165, 1.54) is 11.3 Å². The Balaban J connectivity index is 2.83. The third-order valence-electron chi connectivity index (χ3n) is 2.90. The Labute approximate surface area is 89.9 Å². The van der Waals surface area contributed by atoms with Crippen molar-refractivity contribution in [3.63, 3.8) is 0 Å². The van der Waals surface area contributed by atoms with Crippen molar-refractivity contribution in [3.05, 3.63) is 29.1 Å². The third kappa shape index (κ3) is 1.39. The van der Waals surface area contributed by atoms with E-state index >= 15 is 0 Å². The van der Waals surface area contributed by atoms with Crippen LogP contribution in [0.1, 0.15) is 36.7 Å². The summed E-state index contributed by atoms with van der Waals surface area (Å²) in [5.74, 6) is 1.14. The van der Waals surface area contributed by atoms with Crippen LogP contribution in [-0.2, 0) is 0 Å². The summed E-state index contributed by atoms with van der Waals surface area (Å²) in [7, 11) is 0. The number of nitrogen functional groups attached to an aromatic ring is 1. The lowest BCUT2D eigenvalue weighted by Crippen LogP contribution is -2.01. The largest absolute Gasteiger partial charge is 0.383 e. The van der Waals surface area contributed by atoms with Crippen LogP contribution in [0.4, 0.5) is 5.82 Å². The van der Waals surface area contributed by atoms with E-state index in [-0.39, 0.29) is 0 Å². The molecule has 0 amide bonds. The van der Waals surface area contributed by atoms with Gasteiger partial charge in [-0.2, -0.15) is 0 Å². The molecular formula is C12H17N3. The van der Waals surface area contributed by atoms with Gasteiger partial charge in [-0.25, -0.2) is 4.98 Å². The van der Waals surface area contributed by atoms with Gasteiger partial charge in [0.1, 0.15) is 11.5 Å². The van der Waals surface area contributed by atoms with Crippen LogP contribution in [0.3, 0.4) is 0 Å². The van der Waals surface area contributed by atoms with Gasteiger partial charge < -0.3 is 5.73 Å². The molecule has 0 aliphatic carbocycles. The fraction of sp³-hybridized carbons (Fsp3) is 0.417. The Morgan fingerprint density at radius 3 is 2.53 bits per heavy atom. The topological polar surface area (TPSA) is 43.3 Å². The molecule has 0 fully saturated rings. The Hall–Kier alpha value is -1.51. The molecule has 0 radical (unpaired) electrons. The van der Waals surface area contributed by atoms with Crippen LogP contribution >= 0.6 is 0 Å². The second-order valence-corrected chi connectivity index (χ2v) is 4.33. The number of hydrogen-bond acceptors (Lipinski definition) is 2. The lowest BCUT2D eigenvalue weighted by molar-refractivity contribution is 0.837. The molecule has 0 aromatic carbocycles. The molecule has 0 aliphatic heterocycles. The van der Waals surface area contributed by atoms with E-state index in [1.54, 1.807) is 0 Å². The number of fused-ring (bicyclic) bond motifs is 1. The Bertz CT molecular complexity index is 509. The SMILES string of the molecule is Cc1ccc2nc(C(C)C)c(N)n2c1C. The molecule has 0 spiro atoms. The van der Waals surface area contributed by atoms with Gasteiger partial charge in [0.15, 0.2) is 0 Å². The molecule has 0 unspecified atom stereocenters. The van der Waals surface area contributed by atoms with E-state index < -0.39 is 0 Å². The van der Waals surface area contributed by atoms with Crippen molar-refractivity contribution < 1.29 is 0 Å². The van der Waals surface area contributed by atoms with Crippen LogP contribution in [-0.4, -0.2) is 9.38 Å². The van der Waals surface area contributed by atoms with E-state index in [9.17, 15) is 0 Å². The molecule has 15 heavy (non-hydrogen) atoms. The summed E-state index contributed by atoms with van der Waals surface area (Å²) in [6.45, 7) is 8.38. The number of aromatic nitrogens is 2. The van der Waals surface area contributed by atoms with Gasteiger partial charge in [0, 0.05) is 5.69 Å². The molecule has 0 atom stereocenters. The van der Waals surface area contributed by atoms with Gasteiger partial charge in [0.05, 0.1) is 5.69 Å². The van der Waals surface area contributed by atoms with Gasteiger partial charge >= 0.3 is 0 Å². The van der Waals surface area contributed by atoms with Crippen LogP contribution in [0.25, 0.3) is 5.65 Å². The van der Waals surface area contributed by atoms with Crippen molar-refractivity contribution >= 4 is 11.5 Å². The van der Waals surface area contributed by atoms with Gasteiger partial charge in [-0.3, -0.25) is 4.40 Å². The lowest BCUT2D eigenvalue weighted by Gasteiger charge is -2.06. The van der Waals surface area contributed by atoms with Crippen LogP contribution < -0.4 is 5.73 Å². The number of pyridine rings is 1. The van der Waals surface area contributed by atoms with Crippen molar-refractivity contribution in [1.82, 2.24) is 9.38 Å². The number of nitrogens with zero attached hydrogens (tertiary/aromatic N) is 2. The smallest absolute Gasteiger partial charge is 0.138 e. The maximum absolute atomic E-state index is 6.11. The summed E-state index contributed by atoms with van der Waals surface area (Å²) in [5.41, 5.74) is 10.5. The lowest BCUT2D eigenvalue weighted by atomic mass is 10.1. The highest BCUT2D eigenvalue weighted by Gasteiger charge is 2.13. The minimum Gasteiger partial charge on any atom is -0.383 e. The van der Waals surface area contributed by atoms with Crippen molar-refractivity contribution in [3.8, 4) is 0 Å². The van der Waals surface area contributed by atoms with Crippen LogP contribution in [0.2, 0.25) is 0 Å². The van der Waals surface area contributed by atoms with Gasteiger partial charge in [-0.05, 0) is 31.4 Å². The molecule has 2 aromatic heterocycles. The molecule has 2 heterocycles. The number of rotatable bonds is 1. The predicted molar refractivity (Wildman–Crippen MR) is 63.2 cm³/mol. The molecule has 0 aliphatic rings.